The minimum atomic E-state index is 0. The van der Waals surface area contributed by atoms with E-state index in [4.69, 9.17) is 4.98 Å². The molecule has 0 unspecified atom stereocenters. The van der Waals surface area contributed by atoms with Gasteiger partial charge in [-0.15, -0.1) is 0 Å². The van der Waals surface area contributed by atoms with Gasteiger partial charge < -0.3 is 5.99 Å². The van der Waals surface area contributed by atoms with Gasteiger partial charge in [0.25, 0.3) is 0 Å². The van der Waals surface area contributed by atoms with Crippen LogP contribution in [-0.4, -0.2) is 14.1 Å². The van der Waals surface area contributed by atoms with Crippen molar-refractivity contribution in [2.75, 3.05) is 0 Å². The second-order valence-corrected chi connectivity index (χ2v) is 12.8. The topological polar surface area (TPSA) is 22.8 Å². The average molecular weight is 639 g/mol. The van der Waals surface area contributed by atoms with Crippen LogP contribution in [0.1, 0.15) is 1.43 Å². The van der Waals surface area contributed by atoms with E-state index in [2.05, 4.69) is 197 Å². The van der Waals surface area contributed by atoms with Crippen LogP contribution >= 0.6 is 0 Å². The Kier molecular flexibility index (Phi) is 6.49. The summed E-state index contributed by atoms with van der Waals surface area (Å²) in [6.45, 7) is 0. The Bertz CT molecular complexity index is 2800. The predicted molar refractivity (Wildman–Crippen MR) is 210 cm³/mol. The minimum Gasteiger partial charge on any atom is -1.00 e. The second kappa shape index (κ2) is 11.5. The zero-order chi connectivity index (χ0) is 33.0. The molecule has 0 N–H and O–H groups in total. The molecule has 0 radical (unpaired) electrons. The van der Waals surface area contributed by atoms with E-state index >= 15 is 0 Å². The number of pyridine rings is 1. The number of nitrogens with zero attached hydrogens (tertiary/aromatic N) is 3. The summed E-state index contributed by atoms with van der Waals surface area (Å²) in [5, 5.41) is 4.92. The van der Waals surface area contributed by atoms with Gasteiger partial charge in [0.05, 0.1) is 27.8 Å². The summed E-state index contributed by atoms with van der Waals surface area (Å²) in [4.78, 5) is 5.30. The Balaban J connectivity index is 0.00000348. The lowest BCUT2D eigenvalue weighted by Gasteiger charge is -2.13. The molecule has 50 heavy (non-hydrogen) atoms. The van der Waals surface area contributed by atoms with Crippen molar-refractivity contribution in [1.29, 1.82) is 0 Å². The Hall–Kier alpha value is -6.71. The first-order valence-corrected chi connectivity index (χ1v) is 17.1. The molecule has 0 atom stereocenters. The van der Waals surface area contributed by atoms with E-state index in [0.717, 1.165) is 33.7 Å². The van der Waals surface area contributed by atoms with E-state index < -0.39 is 0 Å². The summed E-state index contributed by atoms with van der Waals surface area (Å²) in [6, 6.07) is 67.3. The van der Waals surface area contributed by atoms with E-state index in [1.54, 1.807) is 0 Å². The number of rotatable bonds is 5. The fraction of sp³-hybridized carbons (Fsp3) is 0. The van der Waals surface area contributed by atoms with Gasteiger partial charge in [0, 0.05) is 32.8 Å². The fourth-order valence-corrected chi connectivity index (χ4v) is 7.59. The van der Waals surface area contributed by atoms with Gasteiger partial charge in [0.1, 0.15) is 5.82 Å². The predicted octanol–water partition coefficient (Wildman–Crippen LogP) is 12.4. The first-order valence-electron chi connectivity index (χ1n) is 17.1. The Morgan fingerprint density at radius 2 is 0.800 bits per heavy atom. The summed E-state index contributed by atoms with van der Waals surface area (Å²) in [6.07, 6.45) is 0. The summed E-state index contributed by atoms with van der Waals surface area (Å²) in [5.41, 5.74) is 12.6. The summed E-state index contributed by atoms with van der Waals surface area (Å²) in [7, 11) is 0. The van der Waals surface area contributed by atoms with Crippen molar-refractivity contribution in [2.24, 2.45) is 0 Å². The normalized spacial score (nSPS) is 11.6. The highest BCUT2D eigenvalue weighted by atomic mass is 15.1. The van der Waals surface area contributed by atoms with Gasteiger partial charge in [-0.25, -0.2) is 4.98 Å². The standard InChI is InChI=1S/C47H31N3.H/c1-4-14-32(15-5-1)36-30-42(33-16-6-2-7-17-33)48-47(31-36)50-44-23-13-11-21-39(44)41-29-35(25-27-46(41)50)34-24-26-45-40(28-34)38-20-10-12-22-43(38)49(45)37-18-8-3-9-19-37;/h1-31H;/q;-1. The molecule has 3 heterocycles. The molecule has 236 valence electrons. The van der Waals surface area contributed by atoms with Crippen molar-refractivity contribution in [2.45, 2.75) is 0 Å². The molecule has 10 rings (SSSR count). The smallest absolute Gasteiger partial charge is 0.138 e. The highest BCUT2D eigenvalue weighted by Gasteiger charge is 2.18. The highest BCUT2D eigenvalue weighted by molar-refractivity contribution is 6.12. The van der Waals surface area contributed by atoms with Crippen molar-refractivity contribution in [3.63, 3.8) is 0 Å². The number of hydrogen-bond acceptors (Lipinski definition) is 1. The van der Waals surface area contributed by atoms with Crippen molar-refractivity contribution in [3.05, 3.63) is 188 Å². The molecule has 10 aromatic rings. The zero-order valence-corrected chi connectivity index (χ0v) is 27.2. The average Bonchev–Trinajstić information content (AvgIpc) is 3.71. The quantitative estimate of drug-likeness (QED) is 0.184. The zero-order valence-electron chi connectivity index (χ0n) is 28.2. The Morgan fingerprint density at radius 3 is 1.42 bits per heavy atom. The monoisotopic (exact) mass is 638 g/mol. The third-order valence-corrected chi connectivity index (χ3v) is 9.91. The number of hydrogen-bond donors (Lipinski definition) is 0. The number of fused-ring (bicyclic) bond motifs is 6. The molecule has 0 saturated carbocycles. The Morgan fingerprint density at radius 1 is 0.320 bits per heavy atom. The van der Waals surface area contributed by atoms with Crippen LogP contribution in [0.15, 0.2) is 188 Å². The largest absolute Gasteiger partial charge is 1.00 e. The maximum absolute atomic E-state index is 5.30. The molecule has 3 nitrogen and oxygen atoms in total. The van der Waals surface area contributed by atoms with E-state index in [-0.39, 0.29) is 1.43 Å². The lowest BCUT2D eigenvalue weighted by atomic mass is 10.0. The molecule has 0 aliphatic heterocycles. The summed E-state index contributed by atoms with van der Waals surface area (Å²) >= 11 is 0. The van der Waals surface area contributed by atoms with Crippen LogP contribution in [0.4, 0.5) is 0 Å². The second-order valence-electron chi connectivity index (χ2n) is 12.8. The molecule has 0 spiro atoms. The molecule has 0 aliphatic carbocycles. The van der Waals surface area contributed by atoms with Crippen molar-refractivity contribution in [3.8, 4) is 45.0 Å². The van der Waals surface area contributed by atoms with Gasteiger partial charge in [0.15, 0.2) is 0 Å². The van der Waals surface area contributed by atoms with E-state index in [0.29, 0.717) is 0 Å². The van der Waals surface area contributed by atoms with Crippen LogP contribution in [0.25, 0.3) is 88.6 Å². The number of para-hydroxylation sites is 3. The molecule has 0 fully saturated rings. The lowest BCUT2D eigenvalue weighted by Crippen LogP contribution is -2.00. The molecule has 0 aliphatic rings. The molecule has 0 amide bonds. The highest BCUT2D eigenvalue weighted by Crippen LogP contribution is 2.39. The van der Waals surface area contributed by atoms with Crippen LogP contribution in [0.2, 0.25) is 0 Å². The van der Waals surface area contributed by atoms with Gasteiger partial charge in [-0.3, -0.25) is 4.57 Å². The SMILES string of the molecule is [H-].c1ccc(-c2cc(-c3ccccc3)nc(-n3c4ccccc4c4cc(-c5ccc6c(c5)c5ccccc5n6-c5ccccc5)ccc43)c2)cc1. The maximum atomic E-state index is 5.30. The molecular formula is C47H32N3-. The lowest BCUT2D eigenvalue weighted by molar-refractivity contribution is 1.08. The number of aromatic nitrogens is 3. The Labute approximate surface area is 291 Å². The van der Waals surface area contributed by atoms with Gasteiger partial charge in [-0.1, -0.05) is 127 Å². The molecule has 3 aromatic heterocycles. The van der Waals surface area contributed by atoms with Crippen molar-refractivity contribution >= 4 is 43.6 Å². The van der Waals surface area contributed by atoms with Crippen LogP contribution in [0.3, 0.4) is 0 Å². The maximum Gasteiger partial charge on any atom is 0.138 e. The molecular weight excluding hydrogens is 607 g/mol. The number of benzene rings is 7. The van der Waals surface area contributed by atoms with E-state index in [9.17, 15) is 0 Å². The van der Waals surface area contributed by atoms with Crippen molar-refractivity contribution in [1.82, 2.24) is 14.1 Å². The van der Waals surface area contributed by atoms with Gasteiger partial charge >= 0.3 is 0 Å². The minimum absolute atomic E-state index is 0. The third kappa shape index (κ3) is 4.56. The van der Waals surface area contributed by atoms with Crippen LogP contribution in [0.5, 0.6) is 0 Å². The van der Waals surface area contributed by atoms with E-state index in [1.807, 2.05) is 0 Å². The first-order chi connectivity index (χ1) is 24.8. The van der Waals surface area contributed by atoms with Gasteiger partial charge in [0.2, 0.25) is 0 Å². The van der Waals surface area contributed by atoms with Crippen LogP contribution in [0, 0.1) is 0 Å². The summed E-state index contributed by atoms with van der Waals surface area (Å²) in [5.74, 6) is 0.902. The molecule has 0 saturated heterocycles. The molecule has 0 bridgehead atoms. The van der Waals surface area contributed by atoms with Gasteiger partial charge in [-0.2, -0.15) is 0 Å². The molecule has 7 aromatic carbocycles. The fourth-order valence-electron chi connectivity index (χ4n) is 7.59. The van der Waals surface area contributed by atoms with Gasteiger partial charge in [-0.05, 0) is 82.9 Å². The summed E-state index contributed by atoms with van der Waals surface area (Å²) < 4.78 is 4.69. The van der Waals surface area contributed by atoms with Crippen molar-refractivity contribution < 1.29 is 1.43 Å². The first kappa shape index (κ1) is 28.3. The van der Waals surface area contributed by atoms with Crippen LogP contribution < -0.4 is 0 Å². The third-order valence-electron chi connectivity index (χ3n) is 9.91. The van der Waals surface area contributed by atoms with Crippen LogP contribution in [-0.2, 0) is 0 Å². The van der Waals surface area contributed by atoms with E-state index in [1.165, 1.54) is 55.0 Å². The molecule has 3 heteroatoms.